The molecule has 0 unspecified atom stereocenters. The molecule has 9 nitrogen and oxygen atoms in total. The molecule has 1 aromatic carbocycles. The lowest BCUT2D eigenvalue weighted by Gasteiger charge is -2.37. The third-order valence-corrected chi connectivity index (χ3v) is 6.27. The molecule has 3 atom stereocenters. The van der Waals surface area contributed by atoms with Crippen LogP contribution >= 0.6 is 0 Å². The number of hydrogen-bond donors (Lipinski definition) is 1. The van der Waals surface area contributed by atoms with Gasteiger partial charge in [-0.1, -0.05) is 0 Å². The van der Waals surface area contributed by atoms with Crippen molar-refractivity contribution in [1.82, 2.24) is 5.32 Å². The third kappa shape index (κ3) is 4.02. The van der Waals surface area contributed by atoms with Gasteiger partial charge >= 0.3 is 5.97 Å². The van der Waals surface area contributed by atoms with Crippen molar-refractivity contribution in [1.29, 1.82) is 0 Å². The maximum atomic E-state index is 13.9. The number of ketones is 1. The van der Waals surface area contributed by atoms with E-state index < -0.39 is 23.7 Å². The van der Waals surface area contributed by atoms with Gasteiger partial charge < -0.3 is 28.7 Å². The maximum Gasteiger partial charge on any atom is 0.317 e. The number of amides is 1. The number of methoxy groups -OCH3 is 3. The summed E-state index contributed by atoms with van der Waals surface area (Å²) in [6.45, 7) is 1.84. The standard InChI is InChI=1S/C25H27NO8/c1-5-33-25(29)22-15(17-7-6-8-34-17)11-16-21(23(22)28)14(12-20(27)26-16)13-9-18(30-2)24(32-4)19(10-13)31-3/h6-10,14-15,22H,5,11-12H2,1-4H3,(H,26,27)/t14-,15-,22-/m0/s1. The lowest BCUT2D eigenvalue weighted by atomic mass is 9.69. The number of carbonyl (C=O) groups excluding carboxylic acids is 3. The molecule has 2 aromatic rings. The number of nitrogens with one attached hydrogen (secondary N) is 1. The highest BCUT2D eigenvalue weighted by Crippen LogP contribution is 2.48. The molecule has 4 rings (SSSR count). The Balaban J connectivity index is 1.85. The molecule has 0 fully saturated rings. The zero-order chi connectivity index (χ0) is 24.4. The molecule has 1 amide bonds. The van der Waals surface area contributed by atoms with Crippen molar-refractivity contribution in [3.8, 4) is 17.2 Å². The molecule has 1 aromatic heterocycles. The van der Waals surface area contributed by atoms with Crippen LogP contribution in [0.25, 0.3) is 0 Å². The number of furan rings is 1. The summed E-state index contributed by atoms with van der Waals surface area (Å²) >= 11 is 0. The Hall–Kier alpha value is -3.75. The van der Waals surface area contributed by atoms with Crippen molar-refractivity contribution in [3.05, 3.63) is 53.1 Å². The molecular formula is C25H27NO8. The molecule has 9 heteroatoms. The summed E-state index contributed by atoms with van der Waals surface area (Å²) in [5.41, 5.74) is 1.51. The van der Waals surface area contributed by atoms with Gasteiger partial charge in [0.2, 0.25) is 11.7 Å². The van der Waals surface area contributed by atoms with Crippen molar-refractivity contribution < 1.29 is 37.7 Å². The van der Waals surface area contributed by atoms with Crippen molar-refractivity contribution in [2.75, 3.05) is 27.9 Å². The van der Waals surface area contributed by atoms with E-state index in [0.717, 1.165) is 0 Å². The number of Topliss-reactive ketones (excluding diaryl/α,β-unsaturated/α-hetero) is 1. The summed E-state index contributed by atoms with van der Waals surface area (Å²) < 4.78 is 27.1. The molecular weight excluding hydrogens is 442 g/mol. The lowest BCUT2D eigenvalue weighted by molar-refractivity contribution is -0.152. The second-order valence-electron chi connectivity index (χ2n) is 8.08. The predicted octanol–water partition coefficient (Wildman–Crippen LogP) is 3.10. The zero-order valence-corrected chi connectivity index (χ0v) is 19.5. The van der Waals surface area contributed by atoms with E-state index in [-0.39, 0.29) is 31.1 Å². The van der Waals surface area contributed by atoms with E-state index >= 15 is 0 Å². The van der Waals surface area contributed by atoms with Gasteiger partial charge in [0.15, 0.2) is 17.3 Å². The van der Waals surface area contributed by atoms with Crippen LogP contribution in [0.2, 0.25) is 0 Å². The number of allylic oxidation sites excluding steroid dienone is 2. The van der Waals surface area contributed by atoms with Crippen LogP contribution in [0.5, 0.6) is 17.2 Å². The van der Waals surface area contributed by atoms with Gasteiger partial charge in [0.05, 0.1) is 34.2 Å². The monoisotopic (exact) mass is 469 g/mol. The van der Waals surface area contributed by atoms with Crippen molar-refractivity contribution in [2.24, 2.45) is 5.92 Å². The highest BCUT2D eigenvalue weighted by molar-refractivity contribution is 6.12. The molecule has 0 saturated carbocycles. The Morgan fingerprint density at radius 2 is 1.79 bits per heavy atom. The molecule has 0 spiro atoms. The van der Waals surface area contributed by atoms with Crippen LogP contribution in [-0.2, 0) is 19.1 Å². The largest absolute Gasteiger partial charge is 0.493 e. The first-order valence-electron chi connectivity index (χ1n) is 11.0. The molecule has 1 N–H and O–H groups in total. The quantitative estimate of drug-likeness (QED) is 0.486. The molecule has 0 saturated heterocycles. The van der Waals surface area contributed by atoms with E-state index in [0.29, 0.717) is 39.8 Å². The predicted molar refractivity (Wildman–Crippen MR) is 120 cm³/mol. The molecule has 1 aliphatic heterocycles. The minimum absolute atomic E-state index is 0.0319. The SMILES string of the molecule is CCOC(=O)[C@@H]1C(=O)C2=C(C[C@H]1c1ccco1)NC(=O)C[C@H]2c1cc(OC)c(OC)c(OC)c1. The van der Waals surface area contributed by atoms with Crippen molar-refractivity contribution in [3.63, 3.8) is 0 Å². The summed E-state index contributed by atoms with van der Waals surface area (Å²) in [4.78, 5) is 39.5. The summed E-state index contributed by atoms with van der Waals surface area (Å²) in [7, 11) is 4.49. The fourth-order valence-corrected chi connectivity index (χ4v) is 4.81. The Labute approximate surface area is 197 Å². The Morgan fingerprint density at radius 3 is 2.35 bits per heavy atom. The number of benzene rings is 1. The van der Waals surface area contributed by atoms with E-state index in [1.165, 1.54) is 27.6 Å². The van der Waals surface area contributed by atoms with E-state index in [1.54, 1.807) is 31.2 Å². The Morgan fingerprint density at radius 1 is 1.09 bits per heavy atom. The number of rotatable bonds is 7. The van der Waals surface area contributed by atoms with E-state index in [2.05, 4.69) is 5.32 Å². The van der Waals surface area contributed by atoms with Crippen molar-refractivity contribution >= 4 is 17.7 Å². The number of hydrogen-bond acceptors (Lipinski definition) is 8. The van der Waals surface area contributed by atoms with Crippen LogP contribution in [0.15, 0.2) is 46.2 Å². The van der Waals surface area contributed by atoms with Gasteiger partial charge in [0.1, 0.15) is 11.7 Å². The first-order chi connectivity index (χ1) is 16.4. The van der Waals surface area contributed by atoms with Gasteiger partial charge in [-0.05, 0) is 43.2 Å². The minimum Gasteiger partial charge on any atom is -0.493 e. The maximum absolute atomic E-state index is 13.9. The fraction of sp³-hybridized carbons (Fsp3) is 0.400. The topological polar surface area (TPSA) is 113 Å². The molecule has 180 valence electrons. The van der Waals surface area contributed by atoms with E-state index in [1.807, 2.05) is 0 Å². The van der Waals surface area contributed by atoms with Crippen LogP contribution in [0.4, 0.5) is 0 Å². The van der Waals surface area contributed by atoms with Gasteiger partial charge in [-0.15, -0.1) is 0 Å². The normalized spacial score (nSPS) is 22.1. The average Bonchev–Trinajstić information content (AvgIpc) is 3.37. The molecule has 34 heavy (non-hydrogen) atoms. The molecule has 1 aliphatic carbocycles. The highest BCUT2D eigenvalue weighted by Gasteiger charge is 2.48. The fourth-order valence-electron chi connectivity index (χ4n) is 4.81. The second-order valence-corrected chi connectivity index (χ2v) is 8.08. The number of esters is 1. The zero-order valence-electron chi connectivity index (χ0n) is 19.5. The van der Waals surface area contributed by atoms with E-state index in [9.17, 15) is 14.4 Å². The van der Waals surface area contributed by atoms with Gasteiger partial charge in [-0.3, -0.25) is 14.4 Å². The Bertz CT molecular complexity index is 1110. The van der Waals surface area contributed by atoms with Gasteiger partial charge in [-0.2, -0.15) is 0 Å². The van der Waals surface area contributed by atoms with Gasteiger partial charge in [0, 0.05) is 29.5 Å². The summed E-state index contributed by atoms with van der Waals surface area (Å²) in [6.07, 6.45) is 1.78. The molecule has 0 bridgehead atoms. The Kier molecular flexibility index (Phi) is 6.63. The summed E-state index contributed by atoms with van der Waals surface area (Å²) in [5, 5.41) is 2.85. The van der Waals surface area contributed by atoms with Crippen molar-refractivity contribution in [2.45, 2.75) is 31.6 Å². The minimum atomic E-state index is -1.08. The smallest absolute Gasteiger partial charge is 0.317 e. The molecule has 0 radical (unpaired) electrons. The third-order valence-electron chi connectivity index (χ3n) is 6.27. The van der Waals surface area contributed by atoms with Crippen LogP contribution in [0, 0.1) is 5.92 Å². The van der Waals surface area contributed by atoms with Crippen LogP contribution in [0.1, 0.15) is 42.9 Å². The van der Waals surface area contributed by atoms with Crippen LogP contribution in [-0.4, -0.2) is 45.6 Å². The molecule has 2 heterocycles. The number of carbonyl (C=O) groups is 3. The van der Waals surface area contributed by atoms with Gasteiger partial charge in [-0.25, -0.2) is 0 Å². The summed E-state index contributed by atoms with van der Waals surface area (Å²) in [5.74, 6) is -1.78. The second kappa shape index (κ2) is 9.62. The summed E-state index contributed by atoms with van der Waals surface area (Å²) in [6, 6.07) is 6.86. The first-order valence-corrected chi connectivity index (χ1v) is 11.0. The van der Waals surface area contributed by atoms with Crippen LogP contribution < -0.4 is 19.5 Å². The number of ether oxygens (including phenoxy) is 4. The first kappa shape index (κ1) is 23.4. The van der Waals surface area contributed by atoms with Crippen LogP contribution in [0.3, 0.4) is 0 Å². The highest BCUT2D eigenvalue weighted by atomic mass is 16.5. The molecule has 2 aliphatic rings. The van der Waals surface area contributed by atoms with Gasteiger partial charge in [0.25, 0.3) is 0 Å². The average molecular weight is 469 g/mol. The van der Waals surface area contributed by atoms with E-state index in [4.69, 9.17) is 23.4 Å². The lowest BCUT2D eigenvalue weighted by Crippen LogP contribution is -2.44.